The molecule has 3 rings (SSSR count). The lowest BCUT2D eigenvalue weighted by atomic mass is 9.84. The van der Waals surface area contributed by atoms with Gasteiger partial charge in [0.1, 0.15) is 5.83 Å². The van der Waals surface area contributed by atoms with Crippen molar-refractivity contribution in [3.8, 4) is 0 Å². The van der Waals surface area contributed by atoms with Crippen LogP contribution in [0.5, 0.6) is 0 Å². The van der Waals surface area contributed by atoms with Crippen molar-refractivity contribution < 1.29 is 4.39 Å². The summed E-state index contributed by atoms with van der Waals surface area (Å²) in [5.74, 6) is 1.16. The SMILES string of the molecule is CC1N=C(SCC2C=CC=C(F)C2)C2=C(CCCC2)[C@H]1N. The Bertz CT molecular complexity index is 533. The van der Waals surface area contributed by atoms with E-state index in [4.69, 9.17) is 10.7 Å². The average molecular weight is 306 g/mol. The molecule has 0 aromatic carbocycles. The van der Waals surface area contributed by atoms with Crippen LogP contribution in [0.3, 0.4) is 0 Å². The fraction of sp³-hybridized carbons (Fsp3) is 0.588. The van der Waals surface area contributed by atoms with Gasteiger partial charge in [-0.25, -0.2) is 4.39 Å². The van der Waals surface area contributed by atoms with Gasteiger partial charge in [0.05, 0.1) is 11.1 Å². The first-order valence-corrected chi connectivity index (χ1v) is 8.85. The summed E-state index contributed by atoms with van der Waals surface area (Å²) in [5.41, 5.74) is 9.13. The van der Waals surface area contributed by atoms with Crippen molar-refractivity contribution >= 4 is 16.8 Å². The van der Waals surface area contributed by atoms with Crippen LogP contribution in [0, 0.1) is 5.92 Å². The molecule has 0 spiro atoms. The lowest BCUT2D eigenvalue weighted by molar-refractivity contribution is 0.539. The molecule has 0 saturated heterocycles. The van der Waals surface area contributed by atoms with E-state index in [-0.39, 0.29) is 23.8 Å². The molecule has 21 heavy (non-hydrogen) atoms. The van der Waals surface area contributed by atoms with Crippen LogP contribution in [0.25, 0.3) is 0 Å². The topological polar surface area (TPSA) is 38.4 Å². The zero-order valence-electron chi connectivity index (χ0n) is 12.5. The number of aliphatic imine (C=N–C) groups is 1. The Hall–Kier alpha value is -0.870. The second kappa shape index (κ2) is 6.49. The van der Waals surface area contributed by atoms with Crippen molar-refractivity contribution in [2.75, 3.05) is 5.75 Å². The third-order valence-electron chi connectivity index (χ3n) is 4.56. The number of nitrogens with zero attached hydrogens (tertiary/aromatic N) is 1. The van der Waals surface area contributed by atoms with E-state index in [1.807, 2.05) is 6.08 Å². The van der Waals surface area contributed by atoms with E-state index >= 15 is 0 Å². The second-order valence-corrected chi connectivity index (χ2v) is 7.19. The fourth-order valence-electron chi connectivity index (χ4n) is 3.30. The summed E-state index contributed by atoms with van der Waals surface area (Å²) < 4.78 is 13.3. The highest BCUT2D eigenvalue weighted by Gasteiger charge is 2.30. The zero-order chi connectivity index (χ0) is 14.8. The van der Waals surface area contributed by atoms with Gasteiger partial charge < -0.3 is 5.73 Å². The van der Waals surface area contributed by atoms with Gasteiger partial charge in [-0.2, -0.15) is 0 Å². The number of dihydropyridines is 1. The van der Waals surface area contributed by atoms with Crippen LogP contribution >= 0.6 is 11.8 Å². The van der Waals surface area contributed by atoms with Gasteiger partial charge in [0.15, 0.2) is 0 Å². The summed E-state index contributed by atoms with van der Waals surface area (Å²) in [6.07, 6.45) is 10.7. The van der Waals surface area contributed by atoms with Gasteiger partial charge in [0.25, 0.3) is 0 Å². The molecule has 2 N–H and O–H groups in total. The fourth-order valence-corrected chi connectivity index (χ4v) is 4.55. The minimum atomic E-state index is -0.0124. The van der Waals surface area contributed by atoms with Crippen LogP contribution in [0.15, 0.2) is 40.2 Å². The van der Waals surface area contributed by atoms with E-state index in [0.717, 1.165) is 18.6 Å². The predicted molar refractivity (Wildman–Crippen MR) is 89.3 cm³/mol. The minimum absolute atomic E-state index is 0.0124. The maximum absolute atomic E-state index is 13.3. The van der Waals surface area contributed by atoms with Gasteiger partial charge in [0, 0.05) is 18.2 Å². The van der Waals surface area contributed by atoms with E-state index < -0.39 is 0 Å². The maximum atomic E-state index is 13.3. The predicted octanol–water partition coefficient (Wildman–Crippen LogP) is 4.15. The van der Waals surface area contributed by atoms with Crippen LogP contribution in [0.4, 0.5) is 4.39 Å². The molecule has 3 atom stereocenters. The van der Waals surface area contributed by atoms with Crippen molar-refractivity contribution in [2.45, 2.75) is 51.1 Å². The molecular formula is C17H23FN2S. The molecule has 1 aliphatic heterocycles. The largest absolute Gasteiger partial charge is 0.322 e. The Morgan fingerprint density at radius 1 is 1.38 bits per heavy atom. The van der Waals surface area contributed by atoms with Crippen LogP contribution < -0.4 is 5.73 Å². The number of hydrogen-bond donors (Lipinski definition) is 1. The molecule has 0 saturated carbocycles. The van der Waals surface area contributed by atoms with Gasteiger partial charge in [-0.15, -0.1) is 11.8 Å². The molecule has 0 fully saturated rings. The number of halogens is 1. The van der Waals surface area contributed by atoms with Gasteiger partial charge >= 0.3 is 0 Å². The Labute approximate surface area is 130 Å². The molecule has 1 heterocycles. The molecule has 0 aromatic rings. The van der Waals surface area contributed by atoms with Crippen LogP contribution in [0.1, 0.15) is 39.0 Å². The molecular weight excluding hydrogens is 283 g/mol. The third kappa shape index (κ3) is 3.32. The minimum Gasteiger partial charge on any atom is -0.322 e. The van der Waals surface area contributed by atoms with Crippen molar-refractivity contribution in [1.82, 2.24) is 0 Å². The molecule has 4 heteroatoms. The lowest BCUT2D eigenvalue weighted by Gasteiger charge is -2.33. The highest BCUT2D eigenvalue weighted by molar-refractivity contribution is 8.14. The zero-order valence-corrected chi connectivity index (χ0v) is 13.3. The first kappa shape index (κ1) is 15.0. The summed E-state index contributed by atoms with van der Waals surface area (Å²) >= 11 is 1.79. The van der Waals surface area contributed by atoms with Crippen molar-refractivity contribution in [3.05, 3.63) is 35.2 Å². The van der Waals surface area contributed by atoms with Gasteiger partial charge in [-0.3, -0.25) is 4.99 Å². The summed E-state index contributed by atoms with van der Waals surface area (Å²) in [6.45, 7) is 2.10. The van der Waals surface area contributed by atoms with E-state index in [1.54, 1.807) is 17.8 Å². The highest BCUT2D eigenvalue weighted by atomic mass is 32.2. The molecule has 3 aliphatic rings. The number of hydrogen-bond acceptors (Lipinski definition) is 3. The van der Waals surface area contributed by atoms with E-state index in [1.165, 1.54) is 29.0 Å². The normalized spacial score (nSPS) is 32.6. The molecule has 114 valence electrons. The molecule has 2 nitrogen and oxygen atoms in total. The average Bonchev–Trinajstić information content (AvgIpc) is 2.50. The molecule has 2 aliphatic carbocycles. The third-order valence-corrected chi connectivity index (χ3v) is 5.78. The number of rotatable bonds is 2. The monoisotopic (exact) mass is 306 g/mol. The Kier molecular flexibility index (Phi) is 4.65. The second-order valence-electron chi connectivity index (χ2n) is 6.19. The standard InChI is InChI=1S/C17H23FN2S/c1-11-16(19)14-7-2-3-8-15(14)17(20-11)21-10-12-5-4-6-13(18)9-12/h4-6,11-12,16H,2-3,7-10,19H2,1H3/t11?,12?,16-/m0/s1. The van der Waals surface area contributed by atoms with E-state index in [9.17, 15) is 4.39 Å². The Morgan fingerprint density at radius 3 is 3.00 bits per heavy atom. The van der Waals surface area contributed by atoms with E-state index in [0.29, 0.717) is 6.42 Å². The molecule has 0 aromatic heterocycles. The quantitative estimate of drug-likeness (QED) is 0.832. The van der Waals surface area contributed by atoms with Crippen molar-refractivity contribution in [1.29, 1.82) is 0 Å². The van der Waals surface area contributed by atoms with Crippen molar-refractivity contribution in [3.63, 3.8) is 0 Å². The first-order chi connectivity index (χ1) is 10.1. The summed E-state index contributed by atoms with van der Waals surface area (Å²) in [4.78, 5) is 4.82. The van der Waals surface area contributed by atoms with Gasteiger partial charge in [0.2, 0.25) is 0 Å². The highest BCUT2D eigenvalue weighted by Crippen LogP contribution is 2.36. The molecule has 0 bridgehead atoms. The van der Waals surface area contributed by atoms with Crippen LogP contribution in [-0.2, 0) is 0 Å². The molecule has 2 unspecified atom stereocenters. The lowest BCUT2D eigenvalue weighted by Crippen LogP contribution is -2.39. The van der Waals surface area contributed by atoms with Crippen LogP contribution in [0.2, 0.25) is 0 Å². The van der Waals surface area contributed by atoms with Gasteiger partial charge in [-0.1, -0.05) is 12.2 Å². The van der Waals surface area contributed by atoms with Gasteiger partial charge in [-0.05, 0) is 55.7 Å². The molecule has 0 amide bonds. The number of thioether (sulfide) groups is 1. The number of nitrogens with two attached hydrogens (primary N) is 1. The first-order valence-electron chi connectivity index (χ1n) is 7.86. The Balaban J connectivity index is 1.69. The number of allylic oxidation sites excluding steroid dienone is 4. The summed E-state index contributed by atoms with van der Waals surface area (Å²) in [5, 5.41) is 1.17. The maximum Gasteiger partial charge on any atom is 0.101 e. The smallest absolute Gasteiger partial charge is 0.101 e. The Morgan fingerprint density at radius 2 is 2.19 bits per heavy atom. The summed E-state index contributed by atoms with van der Waals surface area (Å²) in [6, 6.07) is 0.266. The van der Waals surface area contributed by atoms with Crippen LogP contribution in [-0.4, -0.2) is 22.9 Å². The van der Waals surface area contributed by atoms with Crippen molar-refractivity contribution in [2.24, 2.45) is 16.6 Å². The molecule has 0 radical (unpaired) electrons. The van der Waals surface area contributed by atoms with E-state index in [2.05, 4.69) is 13.0 Å². The summed E-state index contributed by atoms with van der Waals surface area (Å²) in [7, 11) is 0.